The van der Waals surface area contributed by atoms with E-state index in [2.05, 4.69) is 24.2 Å². The van der Waals surface area contributed by atoms with Crippen LogP contribution in [0.25, 0.3) is 0 Å². The number of hydrogen-bond acceptors (Lipinski definition) is 7. The SMILES string of the molecule is CCC1(c2cccc(OC(=O)C[C@@](O)(CC(=O)O)C(=O)N[C@H](C(=O)O)C(C)C)c2)CCCCN(C)C1. The Morgan fingerprint density at radius 1 is 1.17 bits per heavy atom. The van der Waals surface area contributed by atoms with Gasteiger partial charge in [0.2, 0.25) is 0 Å². The number of carboxylic acids is 2. The minimum atomic E-state index is -2.68. The van der Waals surface area contributed by atoms with Crippen molar-refractivity contribution < 1.29 is 39.2 Å². The summed E-state index contributed by atoms with van der Waals surface area (Å²) in [6, 6.07) is 5.76. The summed E-state index contributed by atoms with van der Waals surface area (Å²) in [7, 11) is 2.09. The number of esters is 1. The van der Waals surface area contributed by atoms with Crippen LogP contribution in [0, 0.1) is 5.92 Å². The summed E-state index contributed by atoms with van der Waals surface area (Å²) < 4.78 is 5.42. The highest BCUT2D eigenvalue weighted by atomic mass is 16.5. The molecule has 0 aliphatic carbocycles. The van der Waals surface area contributed by atoms with Gasteiger partial charge in [-0.3, -0.25) is 14.4 Å². The van der Waals surface area contributed by atoms with Gasteiger partial charge in [0.05, 0.1) is 12.8 Å². The summed E-state index contributed by atoms with van der Waals surface area (Å²) in [5, 5.41) is 31.5. The molecule has 1 fully saturated rings. The Bertz CT molecular complexity index is 965. The summed E-state index contributed by atoms with van der Waals surface area (Å²) in [5.41, 5.74) is -1.78. The summed E-state index contributed by atoms with van der Waals surface area (Å²) in [4.78, 5) is 50.5. The number of amides is 1. The number of aliphatic hydroxyl groups is 1. The first-order chi connectivity index (χ1) is 16.8. The molecule has 36 heavy (non-hydrogen) atoms. The number of carboxylic acid groups (broad SMARTS) is 2. The number of aliphatic carboxylic acids is 2. The lowest BCUT2D eigenvalue weighted by atomic mass is 9.74. The second kappa shape index (κ2) is 12.3. The van der Waals surface area contributed by atoms with Crippen molar-refractivity contribution in [1.82, 2.24) is 10.2 Å². The molecule has 0 radical (unpaired) electrons. The molecule has 0 spiro atoms. The molecule has 2 rings (SSSR count). The Morgan fingerprint density at radius 3 is 2.44 bits per heavy atom. The number of rotatable bonds is 11. The van der Waals surface area contributed by atoms with Gasteiger partial charge in [-0.1, -0.05) is 39.3 Å². The fourth-order valence-electron chi connectivity index (χ4n) is 4.81. The number of likely N-dealkylation sites (tertiary alicyclic amines) is 1. The van der Waals surface area contributed by atoms with Crippen LogP contribution in [0.4, 0.5) is 0 Å². The maximum absolute atomic E-state index is 12.7. The average molecular weight is 507 g/mol. The number of carbonyl (C=O) groups excluding carboxylic acids is 2. The Hall–Kier alpha value is -2.98. The number of ether oxygens (including phenoxy) is 1. The third-order valence-electron chi connectivity index (χ3n) is 6.90. The molecule has 1 aromatic carbocycles. The smallest absolute Gasteiger partial charge is 0.326 e. The lowest BCUT2D eigenvalue weighted by Gasteiger charge is -2.35. The van der Waals surface area contributed by atoms with Gasteiger partial charge in [0.25, 0.3) is 5.91 Å². The lowest BCUT2D eigenvalue weighted by Crippen LogP contribution is -2.55. The lowest BCUT2D eigenvalue weighted by molar-refractivity contribution is -0.159. The number of carbonyl (C=O) groups is 4. The van der Waals surface area contributed by atoms with Gasteiger partial charge in [0.1, 0.15) is 11.8 Å². The number of hydrogen-bond donors (Lipinski definition) is 4. The van der Waals surface area contributed by atoms with E-state index in [1.165, 1.54) is 0 Å². The van der Waals surface area contributed by atoms with Gasteiger partial charge in [0, 0.05) is 12.0 Å². The maximum atomic E-state index is 12.7. The molecule has 3 atom stereocenters. The Kier molecular flexibility index (Phi) is 10.0. The predicted octanol–water partition coefficient (Wildman–Crippen LogP) is 2.18. The zero-order valence-corrected chi connectivity index (χ0v) is 21.5. The van der Waals surface area contributed by atoms with Crippen LogP contribution in [-0.4, -0.2) is 75.8 Å². The summed E-state index contributed by atoms with van der Waals surface area (Å²) >= 11 is 0. The van der Waals surface area contributed by atoms with Gasteiger partial charge in [-0.25, -0.2) is 4.79 Å². The Balaban J connectivity index is 2.23. The number of nitrogens with one attached hydrogen (secondary N) is 1. The topological polar surface area (TPSA) is 153 Å². The summed E-state index contributed by atoms with van der Waals surface area (Å²) in [6.45, 7) is 7.10. The van der Waals surface area contributed by atoms with Gasteiger partial charge in [-0.05, 0) is 56.5 Å². The molecular weight excluding hydrogens is 468 g/mol. The highest BCUT2D eigenvalue weighted by molar-refractivity contribution is 5.95. The second-order valence-corrected chi connectivity index (χ2v) is 10.1. The molecule has 0 bridgehead atoms. The van der Waals surface area contributed by atoms with E-state index in [0.29, 0.717) is 0 Å². The van der Waals surface area contributed by atoms with Crippen molar-refractivity contribution in [3.8, 4) is 5.75 Å². The van der Waals surface area contributed by atoms with Crippen LogP contribution in [0.3, 0.4) is 0 Å². The fraction of sp³-hybridized carbons (Fsp3) is 0.615. The van der Waals surface area contributed by atoms with Crippen molar-refractivity contribution in [2.75, 3.05) is 20.1 Å². The molecule has 10 nitrogen and oxygen atoms in total. The highest BCUT2D eigenvalue weighted by Crippen LogP contribution is 2.37. The zero-order valence-electron chi connectivity index (χ0n) is 21.5. The Labute approximate surface area is 211 Å². The van der Waals surface area contributed by atoms with Crippen LogP contribution in [0.15, 0.2) is 24.3 Å². The van der Waals surface area contributed by atoms with Crippen LogP contribution < -0.4 is 10.1 Å². The first-order valence-corrected chi connectivity index (χ1v) is 12.3. The number of benzene rings is 1. The largest absolute Gasteiger partial charge is 0.481 e. The quantitative estimate of drug-likeness (QED) is 0.261. The van der Waals surface area contributed by atoms with Gasteiger partial charge >= 0.3 is 17.9 Å². The van der Waals surface area contributed by atoms with E-state index in [0.717, 1.165) is 44.3 Å². The summed E-state index contributed by atoms with van der Waals surface area (Å²) in [5.74, 6) is -5.45. The standard InChI is InChI=1S/C26H38N2O8/c1-5-25(11-6-7-12-28(4)16-25)18-9-8-10-19(13-18)36-21(31)15-26(35,14-20(29)30)24(34)27-22(17(2)3)23(32)33/h8-10,13,17,22,35H,5-7,11-12,14-16H2,1-4H3,(H,27,34)(H,29,30)(H,32,33)/t22-,25?,26-/m0/s1. The Morgan fingerprint density at radius 2 is 1.86 bits per heavy atom. The molecule has 1 saturated heterocycles. The highest BCUT2D eigenvalue weighted by Gasteiger charge is 2.43. The average Bonchev–Trinajstić information content (AvgIpc) is 2.98. The molecule has 10 heteroatoms. The van der Waals surface area contributed by atoms with Crippen molar-refractivity contribution in [3.63, 3.8) is 0 Å². The van der Waals surface area contributed by atoms with Gasteiger partial charge in [0.15, 0.2) is 5.60 Å². The van der Waals surface area contributed by atoms with Crippen molar-refractivity contribution in [3.05, 3.63) is 29.8 Å². The molecular formula is C26H38N2O8. The van der Waals surface area contributed by atoms with Crippen LogP contribution >= 0.6 is 0 Å². The molecule has 1 aromatic rings. The molecule has 1 unspecified atom stereocenters. The van der Waals surface area contributed by atoms with E-state index in [-0.39, 0.29) is 11.2 Å². The van der Waals surface area contributed by atoms with E-state index in [1.54, 1.807) is 32.0 Å². The molecule has 1 aliphatic rings. The van der Waals surface area contributed by atoms with Crippen molar-refractivity contribution in [1.29, 1.82) is 0 Å². The van der Waals surface area contributed by atoms with Crippen LogP contribution in [0.1, 0.15) is 64.9 Å². The van der Waals surface area contributed by atoms with Crippen molar-refractivity contribution >= 4 is 23.8 Å². The van der Waals surface area contributed by atoms with E-state index in [1.807, 2.05) is 6.07 Å². The van der Waals surface area contributed by atoms with Crippen LogP contribution in [0.5, 0.6) is 5.75 Å². The molecule has 4 N–H and O–H groups in total. The minimum Gasteiger partial charge on any atom is -0.481 e. The third kappa shape index (κ3) is 7.51. The van der Waals surface area contributed by atoms with Gasteiger partial charge < -0.3 is 30.3 Å². The van der Waals surface area contributed by atoms with Crippen molar-refractivity contribution in [2.24, 2.45) is 5.92 Å². The van der Waals surface area contributed by atoms with Gasteiger partial charge in [-0.15, -0.1) is 0 Å². The first kappa shape index (κ1) is 29.3. The van der Waals surface area contributed by atoms with Crippen LogP contribution in [0.2, 0.25) is 0 Å². The predicted molar refractivity (Wildman–Crippen MR) is 132 cm³/mol. The van der Waals surface area contributed by atoms with Crippen molar-refractivity contribution in [2.45, 2.75) is 76.4 Å². The molecule has 0 aromatic heterocycles. The summed E-state index contributed by atoms with van der Waals surface area (Å²) in [6.07, 6.45) is 2.02. The van der Waals surface area contributed by atoms with Crippen LogP contribution in [-0.2, 0) is 24.6 Å². The minimum absolute atomic E-state index is 0.111. The molecule has 0 saturated carbocycles. The van der Waals surface area contributed by atoms with E-state index >= 15 is 0 Å². The second-order valence-electron chi connectivity index (χ2n) is 10.1. The molecule has 1 aliphatic heterocycles. The van der Waals surface area contributed by atoms with Gasteiger partial charge in [-0.2, -0.15) is 0 Å². The normalized spacial score (nSPS) is 21.2. The van der Waals surface area contributed by atoms with E-state index in [4.69, 9.17) is 4.74 Å². The maximum Gasteiger partial charge on any atom is 0.326 e. The first-order valence-electron chi connectivity index (χ1n) is 12.3. The third-order valence-corrected chi connectivity index (χ3v) is 6.90. The number of likely N-dealkylation sites (N-methyl/N-ethyl adjacent to an activating group) is 1. The monoisotopic (exact) mass is 506 g/mol. The number of nitrogens with zero attached hydrogens (tertiary/aromatic N) is 1. The fourth-order valence-corrected chi connectivity index (χ4v) is 4.81. The van der Waals surface area contributed by atoms with E-state index < -0.39 is 54.2 Å². The van der Waals surface area contributed by atoms with E-state index in [9.17, 15) is 34.5 Å². The zero-order chi connectivity index (χ0) is 27.1. The molecule has 1 amide bonds. The molecule has 200 valence electrons. The molecule has 1 heterocycles.